The second-order valence-electron chi connectivity index (χ2n) is 11.8. The van der Waals surface area contributed by atoms with Gasteiger partial charge in [0.05, 0.1) is 22.8 Å². The van der Waals surface area contributed by atoms with E-state index in [-0.39, 0.29) is 11.8 Å². The summed E-state index contributed by atoms with van der Waals surface area (Å²) in [5.74, 6) is 1.38. The number of rotatable bonds is 3. The third-order valence-corrected chi connectivity index (χ3v) is 9.26. The van der Waals surface area contributed by atoms with Crippen LogP contribution in [0.25, 0.3) is 78.3 Å². The van der Waals surface area contributed by atoms with E-state index in [4.69, 9.17) is 23.2 Å². The number of oxazole rings is 2. The summed E-state index contributed by atoms with van der Waals surface area (Å²) in [6.07, 6.45) is 4.45. The molecule has 2 unspecified atom stereocenters. The Morgan fingerprint density at radius 2 is 1.38 bits per heavy atom. The second-order valence-corrected chi connectivity index (χ2v) is 11.8. The highest BCUT2D eigenvalue weighted by molar-refractivity contribution is 6.08. The van der Waals surface area contributed by atoms with E-state index in [1.807, 2.05) is 60.7 Å². The standard InChI is InChI=1S/C39H25N3O3/c1-22-24(39-41-29-12-4-7-16-35(29)45-39)18-20-31-36(22)27-21-23(38-40-28-11-3-6-15-34(28)44-38)17-19-30(27)42(31)32-13-8-10-26-25-9-2-5-14-33(25)43-37(26)32/h2-22,24H,1H3. The van der Waals surface area contributed by atoms with E-state index >= 15 is 0 Å². The van der Waals surface area contributed by atoms with Crippen molar-refractivity contribution in [1.82, 2.24) is 14.5 Å². The van der Waals surface area contributed by atoms with Crippen LogP contribution in [0.1, 0.15) is 35.9 Å². The van der Waals surface area contributed by atoms with E-state index in [0.717, 1.165) is 77.9 Å². The second kappa shape index (κ2) is 9.07. The molecule has 6 heteroatoms. The summed E-state index contributed by atoms with van der Waals surface area (Å²) in [5, 5.41) is 3.34. The van der Waals surface area contributed by atoms with Crippen molar-refractivity contribution in [2.24, 2.45) is 0 Å². The lowest BCUT2D eigenvalue weighted by molar-refractivity contribution is 0.474. The number of fused-ring (bicyclic) bond motifs is 8. The molecule has 0 amide bonds. The van der Waals surface area contributed by atoms with Crippen LogP contribution in [-0.4, -0.2) is 14.5 Å². The zero-order chi connectivity index (χ0) is 29.6. The normalized spacial score (nSPS) is 16.5. The van der Waals surface area contributed by atoms with Gasteiger partial charge in [0, 0.05) is 21.7 Å². The third-order valence-electron chi connectivity index (χ3n) is 9.26. The Balaban J connectivity index is 1.23. The van der Waals surface area contributed by atoms with Gasteiger partial charge in [0.1, 0.15) is 16.6 Å². The number of furan rings is 1. The first-order valence-electron chi connectivity index (χ1n) is 15.2. The summed E-state index contributed by atoms with van der Waals surface area (Å²) >= 11 is 0. The molecular formula is C39H25N3O3. The van der Waals surface area contributed by atoms with Crippen LogP contribution in [0, 0.1) is 0 Å². The third kappa shape index (κ3) is 3.50. The van der Waals surface area contributed by atoms with Gasteiger partial charge in [0.15, 0.2) is 16.7 Å². The first kappa shape index (κ1) is 24.6. The summed E-state index contributed by atoms with van der Waals surface area (Å²) in [5.41, 5.74) is 10.4. The lowest BCUT2D eigenvalue weighted by atomic mass is 9.81. The fourth-order valence-electron chi connectivity index (χ4n) is 7.14. The molecular weight excluding hydrogens is 558 g/mol. The number of hydrogen-bond acceptors (Lipinski definition) is 5. The predicted octanol–water partition coefficient (Wildman–Crippen LogP) is 10.4. The Morgan fingerprint density at radius 3 is 2.20 bits per heavy atom. The van der Waals surface area contributed by atoms with Crippen LogP contribution in [0.4, 0.5) is 0 Å². The van der Waals surface area contributed by atoms with Crippen molar-refractivity contribution >= 4 is 61.1 Å². The summed E-state index contributed by atoms with van der Waals surface area (Å²) in [6, 6.07) is 36.9. The van der Waals surface area contributed by atoms with Gasteiger partial charge in [-0.25, -0.2) is 9.97 Å². The quantitative estimate of drug-likeness (QED) is 0.207. The molecule has 214 valence electrons. The predicted molar refractivity (Wildman–Crippen MR) is 178 cm³/mol. The Labute approximate surface area is 256 Å². The van der Waals surface area contributed by atoms with Crippen LogP contribution < -0.4 is 0 Å². The molecule has 2 atom stereocenters. The molecule has 0 N–H and O–H groups in total. The largest absolute Gasteiger partial charge is 0.454 e. The zero-order valence-corrected chi connectivity index (χ0v) is 24.3. The molecule has 0 spiro atoms. The molecule has 0 saturated heterocycles. The van der Waals surface area contributed by atoms with E-state index in [1.54, 1.807) is 0 Å². The van der Waals surface area contributed by atoms with Gasteiger partial charge in [-0.1, -0.05) is 67.6 Å². The molecule has 4 heterocycles. The molecule has 0 fully saturated rings. The van der Waals surface area contributed by atoms with Crippen molar-refractivity contribution in [3.8, 4) is 17.1 Å². The first-order chi connectivity index (χ1) is 22.2. The Bertz CT molecular complexity index is 2580. The molecule has 0 saturated carbocycles. The molecule has 45 heavy (non-hydrogen) atoms. The Morgan fingerprint density at radius 1 is 0.644 bits per heavy atom. The number of nitrogens with zero attached hydrogens (tertiary/aromatic N) is 3. The van der Waals surface area contributed by atoms with Crippen molar-refractivity contribution in [3.63, 3.8) is 0 Å². The first-order valence-corrected chi connectivity index (χ1v) is 15.2. The van der Waals surface area contributed by atoms with Gasteiger partial charge in [0.2, 0.25) is 11.8 Å². The number of hydrogen-bond donors (Lipinski definition) is 0. The van der Waals surface area contributed by atoms with Gasteiger partial charge in [-0.05, 0) is 72.2 Å². The van der Waals surface area contributed by atoms with E-state index < -0.39 is 0 Å². The van der Waals surface area contributed by atoms with Crippen LogP contribution in [0.3, 0.4) is 0 Å². The van der Waals surface area contributed by atoms with E-state index in [9.17, 15) is 0 Å². The van der Waals surface area contributed by atoms with Gasteiger partial charge in [-0.3, -0.25) is 0 Å². The number of allylic oxidation sites excluding steroid dienone is 1. The van der Waals surface area contributed by atoms with Crippen molar-refractivity contribution in [3.05, 3.63) is 132 Å². The van der Waals surface area contributed by atoms with Crippen molar-refractivity contribution in [2.45, 2.75) is 18.8 Å². The topological polar surface area (TPSA) is 70.1 Å². The van der Waals surface area contributed by atoms with Gasteiger partial charge in [0.25, 0.3) is 0 Å². The van der Waals surface area contributed by atoms with Crippen LogP contribution in [-0.2, 0) is 0 Å². The molecule has 1 aliphatic rings. The smallest absolute Gasteiger partial charge is 0.227 e. The highest BCUT2D eigenvalue weighted by Crippen LogP contribution is 2.47. The summed E-state index contributed by atoms with van der Waals surface area (Å²) in [4.78, 5) is 9.71. The monoisotopic (exact) mass is 583 g/mol. The van der Waals surface area contributed by atoms with Crippen molar-refractivity contribution in [1.29, 1.82) is 0 Å². The molecule has 4 aromatic heterocycles. The number of aromatic nitrogens is 3. The molecule has 6 nitrogen and oxygen atoms in total. The highest BCUT2D eigenvalue weighted by Gasteiger charge is 2.33. The summed E-state index contributed by atoms with van der Waals surface area (Å²) in [6.45, 7) is 2.26. The minimum atomic E-state index is -0.0288. The van der Waals surface area contributed by atoms with E-state index in [2.05, 4.69) is 72.2 Å². The van der Waals surface area contributed by atoms with Gasteiger partial charge < -0.3 is 17.8 Å². The maximum Gasteiger partial charge on any atom is 0.227 e. The zero-order valence-electron chi connectivity index (χ0n) is 24.3. The van der Waals surface area contributed by atoms with E-state index in [1.165, 1.54) is 5.56 Å². The van der Waals surface area contributed by atoms with Gasteiger partial charge in [-0.15, -0.1) is 0 Å². The molecule has 10 rings (SSSR count). The molecule has 9 aromatic rings. The van der Waals surface area contributed by atoms with Gasteiger partial charge >= 0.3 is 0 Å². The fraction of sp³-hybridized carbons (Fsp3) is 0.0769. The lowest BCUT2D eigenvalue weighted by Crippen LogP contribution is -2.12. The maximum atomic E-state index is 6.53. The van der Waals surface area contributed by atoms with Crippen molar-refractivity contribution < 1.29 is 13.3 Å². The molecule has 0 aliphatic heterocycles. The maximum absolute atomic E-state index is 6.53. The van der Waals surface area contributed by atoms with Gasteiger partial charge in [-0.2, -0.15) is 0 Å². The molecule has 5 aromatic carbocycles. The van der Waals surface area contributed by atoms with Crippen LogP contribution >= 0.6 is 0 Å². The van der Waals surface area contributed by atoms with E-state index in [0.29, 0.717) is 5.89 Å². The SMILES string of the molecule is CC1c2c(n(-c3cccc4c3oc3ccccc34)c3ccc(-c4nc5ccccc5o4)cc23)C=CC1c1nc2ccccc2o1. The average molecular weight is 584 g/mol. The summed E-state index contributed by atoms with van der Waals surface area (Å²) < 4.78 is 21.4. The molecule has 1 aliphatic carbocycles. The molecule has 0 radical (unpaired) electrons. The lowest BCUT2D eigenvalue weighted by Gasteiger charge is -2.24. The van der Waals surface area contributed by atoms with Crippen LogP contribution in [0.2, 0.25) is 0 Å². The summed E-state index contributed by atoms with van der Waals surface area (Å²) in [7, 11) is 0. The van der Waals surface area contributed by atoms with Crippen molar-refractivity contribution in [2.75, 3.05) is 0 Å². The Hall–Kier alpha value is -5.88. The molecule has 0 bridgehead atoms. The number of benzene rings is 5. The minimum Gasteiger partial charge on any atom is -0.454 e. The number of para-hydroxylation sites is 6. The van der Waals surface area contributed by atoms with Crippen LogP contribution in [0.15, 0.2) is 129 Å². The fourth-order valence-corrected chi connectivity index (χ4v) is 7.14. The highest BCUT2D eigenvalue weighted by atomic mass is 16.4. The van der Waals surface area contributed by atoms with Crippen LogP contribution in [0.5, 0.6) is 0 Å². The average Bonchev–Trinajstić information content (AvgIpc) is 3.85. The minimum absolute atomic E-state index is 0.0288. The Kier molecular flexibility index (Phi) is 4.95.